The Kier molecular flexibility index (Phi) is 6.85. The lowest BCUT2D eigenvalue weighted by Crippen LogP contribution is -2.62. The van der Waals surface area contributed by atoms with E-state index in [4.69, 9.17) is 11.6 Å². The van der Waals surface area contributed by atoms with Crippen molar-refractivity contribution < 1.29 is 36.2 Å². The highest BCUT2D eigenvalue weighted by atomic mass is 35.5. The number of hydrogen-bond donors (Lipinski definition) is 1. The number of halogens is 7. The van der Waals surface area contributed by atoms with Gasteiger partial charge in [0, 0.05) is 12.0 Å². The van der Waals surface area contributed by atoms with Gasteiger partial charge in [0.15, 0.2) is 5.78 Å². The Hall–Kier alpha value is -3.37. The van der Waals surface area contributed by atoms with Gasteiger partial charge in [0.2, 0.25) is 0 Å². The van der Waals surface area contributed by atoms with Gasteiger partial charge in [-0.3, -0.25) is 9.80 Å². The van der Waals surface area contributed by atoms with Crippen LogP contribution in [0.5, 0.6) is 0 Å². The summed E-state index contributed by atoms with van der Waals surface area (Å²) in [6.07, 6.45) is -13.0. The van der Waals surface area contributed by atoms with Crippen molar-refractivity contribution in [3.63, 3.8) is 0 Å². The second kappa shape index (κ2) is 9.50. The first kappa shape index (κ1) is 26.7. The number of hydrogen-bond acceptors (Lipinski definition) is 4. The van der Waals surface area contributed by atoms with Crippen molar-refractivity contribution in [3.05, 3.63) is 88.9 Å². The van der Waals surface area contributed by atoms with E-state index >= 15 is 0 Å². The molecule has 0 saturated carbocycles. The van der Waals surface area contributed by atoms with Crippen molar-refractivity contribution in [3.8, 4) is 11.1 Å². The molecule has 0 bridgehead atoms. The zero-order valence-electron chi connectivity index (χ0n) is 19.1. The van der Waals surface area contributed by atoms with E-state index < -0.39 is 36.1 Å². The third-order valence-corrected chi connectivity index (χ3v) is 6.46. The van der Waals surface area contributed by atoms with Crippen molar-refractivity contribution >= 4 is 28.8 Å². The van der Waals surface area contributed by atoms with E-state index in [1.54, 1.807) is 54.6 Å². The lowest BCUT2D eigenvalue weighted by molar-refractivity contribution is -0.338. The number of alkyl halides is 6. The largest absolute Gasteiger partial charge is 0.431 e. The molecule has 0 aromatic heterocycles. The number of aliphatic hydroxyl groups is 1. The van der Waals surface area contributed by atoms with Crippen molar-refractivity contribution in [1.82, 2.24) is 0 Å². The number of Topliss-reactive ketones (excluding diaryl/α,β-unsaturated/α-hetero) is 1. The highest BCUT2D eigenvalue weighted by Crippen LogP contribution is 2.49. The quantitative estimate of drug-likeness (QED) is 0.271. The highest BCUT2D eigenvalue weighted by molar-refractivity contribution is 6.33. The average Bonchev–Trinajstić information content (AvgIpc) is 3.28. The van der Waals surface area contributed by atoms with Crippen LogP contribution < -0.4 is 5.01 Å². The fourth-order valence-electron chi connectivity index (χ4n) is 4.16. The van der Waals surface area contributed by atoms with Gasteiger partial charge in [-0.15, -0.1) is 0 Å². The van der Waals surface area contributed by atoms with Crippen molar-refractivity contribution in [2.45, 2.75) is 37.3 Å². The Morgan fingerprint density at radius 2 is 1.54 bits per heavy atom. The molecule has 3 aromatic rings. The maximum atomic E-state index is 13.6. The monoisotopic (exact) mass is 540 g/mol. The summed E-state index contributed by atoms with van der Waals surface area (Å²) in [4.78, 5) is 11.6. The fraction of sp³-hybridized carbons (Fsp3) is 0.231. The van der Waals surface area contributed by atoms with Crippen LogP contribution in [-0.4, -0.2) is 34.6 Å². The van der Waals surface area contributed by atoms with Crippen LogP contribution in [-0.2, 0) is 0 Å². The first-order chi connectivity index (χ1) is 17.2. The number of carbonyl (C=O) groups is 1. The first-order valence-electron chi connectivity index (χ1n) is 10.9. The molecule has 11 heteroatoms. The average molecular weight is 541 g/mol. The van der Waals surface area contributed by atoms with Crippen LogP contribution in [0, 0.1) is 0 Å². The standard InChI is InChI=1S/C26H19ClF6N2O2/c1-15(36)16-9-11-17(12-10-16)18-5-4-6-19(13-18)22-14-23(24(37,25(28,29)30)26(31,32)33)34-35(22)21-8-3-2-7-20(21)27/h2-13,22,37H,14H2,1H3. The smallest absolute Gasteiger partial charge is 0.369 e. The number of para-hydroxylation sites is 1. The van der Waals surface area contributed by atoms with Crippen LogP contribution >= 0.6 is 11.6 Å². The first-order valence-corrected chi connectivity index (χ1v) is 11.3. The maximum absolute atomic E-state index is 13.6. The minimum absolute atomic E-state index is 0.0519. The molecule has 0 saturated heterocycles. The number of nitrogens with zero attached hydrogens (tertiary/aromatic N) is 2. The molecule has 0 spiro atoms. The molecule has 1 N–H and O–H groups in total. The molecule has 1 aliphatic heterocycles. The van der Waals surface area contributed by atoms with E-state index in [0.717, 1.165) is 5.01 Å². The Morgan fingerprint density at radius 1 is 0.919 bits per heavy atom. The van der Waals surface area contributed by atoms with Gasteiger partial charge in [0.05, 0.1) is 22.5 Å². The normalized spacial score (nSPS) is 16.6. The van der Waals surface area contributed by atoms with E-state index in [2.05, 4.69) is 5.10 Å². The van der Waals surface area contributed by atoms with E-state index in [1.165, 1.54) is 25.1 Å². The van der Waals surface area contributed by atoms with Gasteiger partial charge in [0.1, 0.15) is 0 Å². The minimum atomic E-state index is -6.06. The van der Waals surface area contributed by atoms with Crippen LogP contribution in [0.1, 0.15) is 35.3 Å². The second-order valence-corrected chi connectivity index (χ2v) is 8.93. The minimum Gasteiger partial charge on any atom is -0.369 e. The van der Waals surface area contributed by atoms with Crippen LogP contribution in [0.3, 0.4) is 0 Å². The van der Waals surface area contributed by atoms with Crippen molar-refractivity contribution in [2.75, 3.05) is 5.01 Å². The van der Waals surface area contributed by atoms with Crippen molar-refractivity contribution in [2.24, 2.45) is 5.10 Å². The summed E-state index contributed by atoms with van der Waals surface area (Å²) >= 11 is 6.22. The summed E-state index contributed by atoms with van der Waals surface area (Å²) in [5.41, 5.74) is -4.44. The van der Waals surface area contributed by atoms with E-state index in [-0.39, 0.29) is 16.5 Å². The molecule has 1 unspecified atom stereocenters. The zero-order valence-corrected chi connectivity index (χ0v) is 19.9. The Labute approximate surface area is 212 Å². The van der Waals surface area contributed by atoms with Crippen LogP contribution in [0.4, 0.5) is 32.0 Å². The predicted octanol–water partition coefficient (Wildman–Crippen LogP) is 7.37. The predicted molar refractivity (Wildman–Crippen MR) is 128 cm³/mol. The van der Waals surface area contributed by atoms with E-state index in [1.807, 2.05) is 0 Å². The number of benzene rings is 3. The molecule has 0 fully saturated rings. The summed E-state index contributed by atoms with van der Waals surface area (Å²) in [7, 11) is 0. The highest BCUT2D eigenvalue weighted by Gasteiger charge is 2.74. The van der Waals surface area contributed by atoms with E-state index in [9.17, 15) is 36.2 Å². The molecule has 3 aromatic carbocycles. The second-order valence-electron chi connectivity index (χ2n) is 8.53. The third-order valence-electron chi connectivity index (χ3n) is 6.14. The third kappa shape index (κ3) is 4.83. The molecule has 37 heavy (non-hydrogen) atoms. The zero-order chi connectivity index (χ0) is 27.2. The SMILES string of the molecule is CC(=O)c1ccc(-c2cccc(C3CC(C(O)(C(F)(F)F)C(F)(F)F)=NN3c3ccccc3Cl)c2)cc1. The number of anilines is 1. The number of hydrazone groups is 1. The van der Waals surface area contributed by atoms with Crippen LogP contribution in [0.25, 0.3) is 11.1 Å². The lowest BCUT2D eigenvalue weighted by atomic mass is 9.89. The van der Waals surface area contributed by atoms with Gasteiger partial charge in [-0.1, -0.05) is 66.2 Å². The molecule has 4 nitrogen and oxygen atoms in total. The molecule has 0 radical (unpaired) electrons. The molecule has 1 atom stereocenters. The lowest BCUT2D eigenvalue weighted by Gasteiger charge is -2.32. The molecule has 1 aliphatic rings. The Morgan fingerprint density at radius 3 is 2.11 bits per heavy atom. The fourth-order valence-corrected chi connectivity index (χ4v) is 4.38. The van der Waals surface area contributed by atoms with Gasteiger partial charge in [-0.25, -0.2) is 0 Å². The summed E-state index contributed by atoms with van der Waals surface area (Å²) in [5.74, 6) is -0.131. The summed E-state index contributed by atoms with van der Waals surface area (Å²) in [6.45, 7) is 1.42. The van der Waals surface area contributed by atoms with Gasteiger partial charge >= 0.3 is 12.4 Å². The molecule has 0 aliphatic carbocycles. The summed E-state index contributed by atoms with van der Waals surface area (Å²) < 4.78 is 81.9. The molecule has 4 rings (SSSR count). The maximum Gasteiger partial charge on any atom is 0.431 e. The summed E-state index contributed by atoms with van der Waals surface area (Å²) in [6, 6.07) is 17.8. The van der Waals surface area contributed by atoms with Crippen LogP contribution in [0.15, 0.2) is 77.9 Å². The van der Waals surface area contributed by atoms with Gasteiger partial charge in [0.25, 0.3) is 5.60 Å². The van der Waals surface area contributed by atoms with E-state index in [0.29, 0.717) is 22.3 Å². The Balaban J connectivity index is 1.82. The molecule has 0 amide bonds. The molecule has 194 valence electrons. The van der Waals surface area contributed by atoms with Gasteiger partial charge in [-0.2, -0.15) is 31.4 Å². The number of rotatable bonds is 5. The van der Waals surface area contributed by atoms with Gasteiger partial charge < -0.3 is 5.11 Å². The molecular formula is C26H19ClF6N2O2. The van der Waals surface area contributed by atoms with Crippen molar-refractivity contribution in [1.29, 1.82) is 0 Å². The number of carbonyl (C=O) groups excluding carboxylic acids is 1. The van der Waals surface area contributed by atoms with Crippen LogP contribution in [0.2, 0.25) is 5.02 Å². The molecular weight excluding hydrogens is 522 g/mol. The molecule has 1 heterocycles. The van der Waals surface area contributed by atoms with Gasteiger partial charge in [-0.05, 0) is 41.8 Å². The summed E-state index contributed by atoms with van der Waals surface area (Å²) in [5, 5.41) is 14.7. The number of ketones is 1. The Bertz CT molecular complexity index is 1340. The topological polar surface area (TPSA) is 52.9 Å².